The van der Waals surface area contributed by atoms with E-state index < -0.39 is 51.6 Å². The highest BCUT2D eigenvalue weighted by Gasteiger charge is 2.67. The van der Waals surface area contributed by atoms with Gasteiger partial charge in [-0.05, 0) is 57.4 Å². The molecule has 2 aromatic rings. The standard InChI is InChI=1S/C30H39N3O8/c1-18(2)30(28(36)37)20(4)31-19(3)29(27(34)35,26(30)21-10-8-11-22(16-21)33(38)39)14-9-15-32(5)25-17-40-23-12-6-7-13-24(23)41-25/h6-8,10-13,16,18-20,25-26,31H,9,14-15,17H2,1-5H3,(H,34,35)(H,36,37). The summed E-state index contributed by atoms with van der Waals surface area (Å²) in [7, 11) is 1.87. The largest absolute Gasteiger partial charge is 0.484 e. The molecule has 0 radical (unpaired) electrons. The van der Waals surface area contributed by atoms with Gasteiger partial charge in [-0.3, -0.25) is 24.6 Å². The van der Waals surface area contributed by atoms with Crippen LogP contribution in [0.2, 0.25) is 0 Å². The number of rotatable bonds is 10. The Labute approximate surface area is 239 Å². The van der Waals surface area contributed by atoms with Crippen LogP contribution in [0.25, 0.3) is 0 Å². The number of carboxylic acids is 2. The number of fused-ring (bicyclic) bond motifs is 1. The molecule has 2 aliphatic rings. The SMILES string of the molecule is CC1NC(C)C(C(=O)O)(C(C)C)C(c2cccc([N+](=O)[O-])c2)C1(CCCN(C)C1COc2ccccc2O1)C(=O)O. The first-order valence-electron chi connectivity index (χ1n) is 13.9. The van der Waals surface area contributed by atoms with Gasteiger partial charge in [0.1, 0.15) is 6.61 Å². The number of hydrogen-bond donors (Lipinski definition) is 3. The number of benzene rings is 2. The number of likely N-dealkylation sites (N-methyl/N-ethyl adjacent to an activating group) is 1. The normalized spacial score (nSPS) is 29.3. The van der Waals surface area contributed by atoms with E-state index >= 15 is 0 Å². The Morgan fingerprint density at radius 3 is 2.39 bits per heavy atom. The van der Waals surface area contributed by atoms with Crippen molar-refractivity contribution in [3.05, 3.63) is 64.2 Å². The maximum absolute atomic E-state index is 13.4. The second-order valence-electron chi connectivity index (χ2n) is 11.5. The topological polar surface area (TPSA) is 151 Å². The number of piperidine rings is 1. The number of nitro benzene ring substituents is 1. The smallest absolute Gasteiger partial charge is 0.312 e. The van der Waals surface area contributed by atoms with Gasteiger partial charge >= 0.3 is 11.9 Å². The molecule has 0 saturated carbocycles. The van der Waals surface area contributed by atoms with Crippen LogP contribution in [-0.2, 0) is 9.59 Å². The first-order valence-corrected chi connectivity index (χ1v) is 13.9. The maximum Gasteiger partial charge on any atom is 0.312 e. The average Bonchev–Trinajstić information content (AvgIpc) is 2.93. The molecule has 6 unspecified atom stereocenters. The van der Waals surface area contributed by atoms with Gasteiger partial charge in [0.25, 0.3) is 5.69 Å². The number of nitrogens with zero attached hydrogens (tertiary/aromatic N) is 2. The van der Waals surface area contributed by atoms with E-state index in [1.165, 1.54) is 18.2 Å². The van der Waals surface area contributed by atoms with Crippen LogP contribution >= 0.6 is 0 Å². The van der Waals surface area contributed by atoms with Gasteiger partial charge in [-0.2, -0.15) is 0 Å². The number of para-hydroxylation sites is 2. The quantitative estimate of drug-likeness (QED) is 0.278. The fourth-order valence-corrected chi connectivity index (χ4v) is 7.13. The number of hydrogen-bond acceptors (Lipinski definition) is 8. The minimum atomic E-state index is -1.58. The van der Waals surface area contributed by atoms with Crippen LogP contribution in [0, 0.1) is 26.9 Å². The van der Waals surface area contributed by atoms with Gasteiger partial charge in [-0.1, -0.05) is 38.1 Å². The lowest BCUT2D eigenvalue weighted by molar-refractivity contribution is -0.385. The van der Waals surface area contributed by atoms with E-state index in [0.29, 0.717) is 36.6 Å². The average molecular weight is 570 g/mol. The molecule has 41 heavy (non-hydrogen) atoms. The number of carbonyl (C=O) groups is 2. The van der Waals surface area contributed by atoms with Gasteiger partial charge < -0.3 is 25.0 Å². The van der Waals surface area contributed by atoms with E-state index in [1.54, 1.807) is 33.8 Å². The summed E-state index contributed by atoms with van der Waals surface area (Å²) in [5.74, 6) is -2.52. The predicted octanol–water partition coefficient (Wildman–Crippen LogP) is 4.37. The van der Waals surface area contributed by atoms with Crippen LogP contribution in [-0.4, -0.2) is 70.5 Å². The number of non-ortho nitro benzene ring substituents is 1. The molecule has 3 N–H and O–H groups in total. The number of aliphatic carboxylic acids is 2. The van der Waals surface area contributed by atoms with Crippen LogP contribution in [0.15, 0.2) is 48.5 Å². The van der Waals surface area contributed by atoms with E-state index in [1.807, 2.05) is 36.2 Å². The van der Waals surface area contributed by atoms with Gasteiger partial charge in [0, 0.05) is 36.7 Å². The minimum Gasteiger partial charge on any atom is -0.484 e. The van der Waals surface area contributed by atoms with E-state index in [9.17, 15) is 29.9 Å². The molecule has 11 heteroatoms. The molecule has 6 atom stereocenters. The fourth-order valence-electron chi connectivity index (χ4n) is 7.13. The van der Waals surface area contributed by atoms with Crippen LogP contribution in [0.5, 0.6) is 11.5 Å². The number of ether oxygens (including phenoxy) is 2. The Morgan fingerprint density at radius 2 is 1.78 bits per heavy atom. The Hall–Kier alpha value is -3.70. The highest BCUT2D eigenvalue weighted by atomic mass is 16.6. The monoisotopic (exact) mass is 569 g/mol. The Bertz CT molecular complexity index is 1300. The third-order valence-electron chi connectivity index (χ3n) is 9.21. The molecule has 222 valence electrons. The van der Waals surface area contributed by atoms with Crippen molar-refractivity contribution in [1.29, 1.82) is 0 Å². The highest BCUT2D eigenvalue weighted by Crippen LogP contribution is 2.60. The molecular formula is C30H39N3O8. The van der Waals surface area contributed by atoms with Gasteiger partial charge in [-0.15, -0.1) is 0 Å². The molecule has 0 spiro atoms. The van der Waals surface area contributed by atoms with Crippen LogP contribution in [0.1, 0.15) is 52.0 Å². The van der Waals surface area contributed by atoms with E-state index in [2.05, 4.69) is 5.32 Å². The number of carboxylic acid groups (broad SMARTS) is 2. The van der Waals surface area contributed by atoms with Crippen molar-refractivity contribution in [3.8, 4) is 11.5 Å². The molecule has 11 nitrogen and oxygen atoms in total. The van der Waals surface area contributed by atoms with Crippen molar-refractivity contribution in [2.75, 3.05) is 20.2 Å². The molecule has 0 aliphatic carbocycles. The Morgan fingerprint density at radius 1 is 1.10 bits per heavy atom. The molecule has 0 bridgehead atoms. The first-order chi connectivity index (χ1) is 19.4. The van der Waals surface area contributed by atoms with Crippen molar-refractivity contribution in [3.63, 3.8) is 0 Å². The van der Waals surface area contributed by atoms with Crippen molar-refractivity contribution >= 4 is 17.6 Å². The van der Waals surface area contributed by atoms with Crippen molar-refractivity contribution < 1.29 is 34.2 Å². The number of nitrogens with one attached hydrogen (secondary N) is 1. The second-order valence-corrected chi connectivity index (χ2v) is 11.5. The molecule has 0 amide bonds. The van der Waals surface area contributed by atoms with Crippen LogP contribution < -0.4 is 14.8 Å². The van der Waals surface area contributed by atoms with Gasteiger partial charge in [0.2, 0.25) is 0 Å². The van der Waals surface area contributed by atoms with E-state index in [-0.39, 0.29) is 18.3 Å². The van der Waals surface area contributed by atoms with Gasteiger partial charge in [0.15, 0.2) is 17.7 Å². The van der Waals surface area contributed by atoms with Crippen molar-refractivity contribution in [2.45, 2.75) is 64.8 Å². The summed E-state index contributed by atoms with van der Waals surface area (Å²) in [5.41, 5.74) is -3.01. The summed E-state index contributed by atoms with van der Waals surface area (Å²) in [6, 6.07) is 11.9. The predicted molar refractivity (Wildman–Crippen MR) is 151 cm³/mol. The Balaban J connectivity index is 1.72. The third-order valence-corrected chi connectivity index (χ3v) is 9.21. The summed E-state index contributed by atoms with van der Waals surface area (Å²) in [4.78, 5) is 39.8. The zero-order chi connectivity index (χ0) is 30.1. The molecule has 2 aliphatic heterocycles. The molecular weight excluding hydrogens is 530 g/mol. The lowest BCUT2D eigenvalue weighted by Crippen LogP contribution is -2.71. The molecule has 1 fully saturated rings. The lowest BCUT2D eigenvalue weighted by Gasteiger charge is -2.59. The van der Waals surface area contributed by atoms with Gasteiger partial charge in [-0.25, -0.2) is 0 Å². The lowest BCUT2D eigenvalue weighted by atomic mass is 9.47. The van der Waals surface area contributed by atoms with E-state index in [4.69, 9.17) is 9.47 Å². The summed E-state index contributed by atoms with van der Waals surface area (Å²) >= 11 is 0. The summed E-state index contributed by atoms with van der Waals surface area (Å²) in [6.45, 7) is 7.82. The van der Waals surface area contributed by atoms with Crippen LogP contribution in [0.3, 0.4) is 0 Å². The molecule has 1 saturated heterocycles. The molecule has 4 rings (SSSR count). The fraction of sp³-hybridized carbons (Fsp3) is 0.533. The molecule has 0 aromatic heterocycles. The zero-order valence-electron chi connectivity index (χ0n) is 24.1. The molecule has 2 heterocycles. The van der Waals surface area contributed by atoms with E-state index in [0.717, 1.165) is 0 Å². The summed E-state index contributed by atoms with van der Waals surface area (Å²) in [5, 5.41) is 36.7. The zero-order valence-corrected chi connectivity index (χ0v) is 24.1. The maximum atomic E-state index is 13.4. The summed E-state index contributed by atoms with van der Waals surface area (Å²) in [6.07, 6.45) is 0.158. The highest BCUT2D eigenvalue weighted by molar-refractivity contribution is 5.84. The van der Waals surface area contributed by atoms with Crippen molar-refractivity contribution in [2.24, 2.45) is 16.7 Å². The molecule has 2 aromatic carbocycles. The van der Waals surface area contributed by atoms with Crippen molar-refractivity contribution in [1.82, 2.24) is 10.2 Å². The Kier molecular flexibility index (Phi) is 8.60. The van der Waals surface area contributed by atoms with Gasteiger partial charge in [0.05, 0.1) is 15.8 Å². The number of nitro groups is 1. The third kappa shape index (κ3) is 5.12. The van der Waals surface area contributed by atoms with Crippen LogP contribution in [0.4, 0.5) is 5.69 Å². The first kappa shape index (κ1) is 30.3. The second kappa shape index (κ2) is 11.7. The minimum absolute atomic E-state index is 0.132. The summed E-state index contributed by atoms with van der Waals surface area (Å²) < 4.78 is 11.9.